The van der Waals surface area contributed by atoms with Crippen molar-refractivity contribution in [3.8, 4) is 6.07 Å². The number of nitrogens with one attached hydrogen (secondary N) is 2. The van der Waals surface area contributed by atoms with E-state index in [-0.39, 0.29) is 5.91 Å². The number of nitriles is 1. The van der Waals surface area contributed by atoms with E-state index in [1.54, 1.807) is 18.7 Å². The molecular formula is C11H12N6O. The molecule has 1 amide bonds. The molecule has 2 aromatic heterocycles. The molecule has 0 aliphatic carbocycles. The highest BCUT2D eigenvalue weighted by atomic mass is 16.1. The molecule has 0 atom stereocenters. The van der Waals surface area contributed by atoms with Crippen molar-refractivity contribution in [2.24, 2.45) is 7.05 Å². The van der Waals surface area contributed by atoms with Gasteiger partial charge >= 0.3 is 0 Å². The predicted molar refractivity (Wildman–Crippen MR) is 63.9 cm³/mol. The first-order chi connectivity index (χ1) is 8.54. The van der Waals surface area contributed by atoms with Gasteiger partial charge < -0.3 is 5.32 Å². The number of hydrogen-bond donors (Lipinski definition) is 2. The summed E-state index contributed by atoms with van der Waals surface area (Å²) in [6, 6.07) is 1.94. The summed E-state index contributed by atoms with van der Waals surface area (Å²) >= 11 is 0. The van der Waals surface area contributed by atoms with Crippen LogP contribution < -0.4 is 5.32 Å². The first kappa shape index (κ1) is 11.9. The SMILES string of the molecule is Cc1nn(C)c(C)c1C(=O)Nc1[nH]ncc1C#N. The number of rotatable bonds is 2. The second-order valence-electron chi connectivity index (χ2n) is 3.89. The fraction of sp³-hybridized carbons (Fsp3) is 0.273. The zero-order valence-electron chi connectivity index (χ0n) is 10.3. The van der Waals surface area contributed by atoms with Crippen LogP contribution in [0.4, 0.5) is 5.82 Å². The molecule has 0 saturated carbocycles. The lowest BCUT2D eigenvalue weighted by Crippen LogP contribution is -2.15. The van der Waals surface area contributed by atoms with E-state index in [1.807, 2.05) is 13.0 Å². The molecule has 0 aliphatic rings. The molecule has 7 nitrogen and oxygen atoms in total. The predicted octanol–water partition coefficient (Wildman–Crippen LogP) is 0.884. The molecule has 2 N–H and O–H groups in total. The largest absolute Gasteiger partial charge is 0.306 e. The highest BCUT2D eigenvalue weighted by Gasteiger charge is 2.18. The van der Waals surface area contributed by atoms with Gasteiger partial charge in [0.1, 0.15) is 17.5 Å². The van der Waals surface area contributed by atoms with Gasteiger partial charge in [-0.25, -0.2) is 0 Å². The van der Waals surface area contributed by atoms with Gasteiger partial charge in [-0.3, -0.25) is 14.6 Å². The minimum absolute atomic E-state index is 0.294. The van der Waals surface area contributed by atoms with Crippen molar-refractivity contribution in [1.29, 1.82) is 5.26 Å². The molecule has 7 heteroatoms. The zero-order valence-corrected chi connectivity index (χ0v) is 10.3. The minimum atomic E-state index is -0.307. The van der Waals surface area contributed by atoms with Gasteiger partial charge in [0.05, 0.1) is 17.5 Å². The topological polar surface area (TPSA) is 99.4 Å². The molecule has 0 fully saturated rings. The second-order valence-corrected chi connectivity index (χ2v) is 3.89. The number of aromatic amines is 1. The van der Waals surface area contributed by atoms with Gasteiger partial charge in [0.15, 0.2) is 0 Å². The maximum atomic E-state index is 12.1. The molecule has 0 unspecified atom stereocenters. The Morgan fingerprint density at radius 1 is 1.56 bits per heavy atom. The fourth-order valence-corrected chi connectivity index (χ4v) is 1.74. The molecule has 0 saturated heterocycles. The fourth-order valence-electron chi connectivity index (χ4n) is 1.74. The number of hydrogen-bond acceptors (Lipinski definition) is 4. The number of amides is 1. The van der Waals surface area contributed by atoms with E-state index in [0.29, 0.717) is 22.6 Å². The number of aryl methyl sites for hydroxylation is 2. The molecule has 0 bridgehead atoms. The van der Waals surface area contributed by atoms with Crippen LogP contribution in [0.2, 0.25) is 0 Å². The van der Waals surface area contributed by atoms with Crippen LogP contribution in [0.1, 0.15) is 27.3 Å². The summed E-state index contributed by atoms with van der Waals surface area (Å²) in [4.78, 5) is 12.1. The third-order valence-electron chi connectivity index (χ3n) is 2.73. The van der Waals surface area contributed by atoms with Crippen molar-refractivity contribution < 1.29 is 4.79 Å². The van der Waals surface area contributed by atoms with Gasteiger partial charge in [-0.1, -0.05) is 0 Å². The summed E-state index contributed by atoms with van der Waals surface area (Å²) in [6.45, 7) is 3.58. The van der Waals surface area contributed by atoms with E-state index in [2.05, 4.69) is 20.6 Å². The summed E-state index contributed by atoms with van der Waals surface area (Å²) in [6.07, 6.45) is 1.36. The number of carbonyl (C=O) groups excluding carboxylic acids is 1. The first-order valence-electron chi connectivity index (χ1n) is 5.29. The Labute approximate surface area is 103 Å². The second kappa shape index (κ2) is 4.33. The van der Waals surface area contributed by atoms with E-state index in [0.717, 1.165) is 5.69 Å². The summed E-state index contributed by atoms with van der Waals surface area (Å²) in [5.41, 5.74) is 2.21. The van der Waals surface area contributed by atoms with Crippen LogP contribution in [0.3, 0.4) is 0 Å². The Balaban J connectivity index is 2.31. The molecule has 2 rings (SSSR count). The maximum absolute atomic E-state index is 12.1. The van der Waals surface area contributed by atoms with Crippen LogP contribution in [0.15, 0.2) is 6.20 Å². The average molecular weight is 244 g/mol. The lowest BCUT2D eigenvalue weighted by atomic mass is 10.2. The third kappa shape index (κ3) is 1.84. The normalized spacial score (nSPS) is 10.1. The Bertz CT molecular complexity index is 645. The number of anilines is 1. The minimum Gasteiger partial charge on any atom is -0.306 e. The van der Waals surface area contributed by atoms with Crippen LogP contribution >= 0.6 is 0 Å². The van der Waals surface area contributed by atoms with Crippen LogP contribution in [-0.2, 0) is 7.05 Å². The van der Waals surface area contributed by atoms with Crippen molar-refractivity contribution in [2.45, 2.75) is 13.8 Å². The molecule has 92 valence electrons. The zero-order chi connectivity index (χ0) is 13.3. The third-order valence-corrected chi connectivity index (χ3v) is 2.73. The Morgan fingerprint density at radius 2 is 2.28 bits per heavy atom. The average Bonchev–Trinajstić information content (AvgIpc) is 2.85. The summed E-state index contributed by atoms with van der Waals surface area (Å²) < 4.78 is 1.64. The van der Waals surface area contributed by atoms with Gasteiger partial charge in [-0.2, -0.15) is 15.5 Å². The Hall–Kier alpha value is -2.62. The molecule has 18 heavy (non-hydrogen) atoms. The van der Waals surface area contributed by atoms with E-state index in [1.165, 1.54) is 6.20 Å². The van der Waals surface area contributed by atoms with E-state index < -0.39 is 0 Å². The molecule has 0 spiro atoms. The number of H-pyrrole nitrogens is 1. The monoisotopic (exact) mass is 244 g/mol. The molecule has 0 aromatic carbocycles. The van der Waals surface area contributed by atoms with Crippen molar-refractivity contribution in [2.75, 3.05) is 5.32 Å². The van der Waals surface area contributed by atoms with Gasteiger partial charge in [0.2, 0.25) is 0 Å². The van der Waals surface area contributed by atoms with E-state index in [4.69, 9.17) is 5.26 Å². The lowest BCUT2D eigenvalue weighted by molar-refractivity contribution is 0.102. The molecule has 2 heterocycles. The van der Waals surface area contributed by atoms with Crippen molar-refractivity contribution >= 4 is 11.7 Å². The van der Waals surface area contributed by atoms with Crippen molar-refractivity contribution in [1.82, 2.24) is 20.0 Å². The summed E-state index contributed by atoms with van der Waals surface area (Å²) in [5, 5.41) is 21.9. The standard InChI is InChI=1S/C11H12N6O/c1-6-9(7(2)17(3)16-6)11(18)14-10-8(4-12)5-13-15-10/h5H,1-3H3,(H2,13,14,15,18). The smallest absolute Gasteiger partial charge is 0.260 e. The number of aromatic nitrogens is 4. The Kier molecular flexibility index (Phi) is 2.85. The van der Waals surface area contributed by atoms with E-state index >= 15 is 0 Å². The van der Waals surface area contributed by atoms with Gasteiger partial charge in [0.25, 0.3) is 5.91 Å². The van der Waals surface area contributed by atoms with Crippen LogP contribution in [0, 0.1) is 25.2 Å². The lowest BCUT2D eigenvalue weighted by Gasteiger charge is -2.03. The summed E-state index contributed by atoms with van der Waals surface area (Å²) in [5.74, 6) is -0.0102. The number of carbonyl (C=O) groups is 1. The van der Waals surface area contributed by atoms with Crippen molar-refractivity contribution in [3.05, 3.63) is 28.7 Å². The summed E-state index contributed by atoms with van der Waals surface area (Å²) in [7, 11) is 1.77. The highest BCUT2D eigenvalue weighted by molar-refractivity contribution is 6.05. The molecule has 0 aliphatic heterocycles. The highest BCUT2D eigenvalue weighted by Crippen LogP contribution is 2.15. The van der Waals surface area contributed by atoms with Crippen molar-refractivity contribution in [3.63, 3.8) is 0 Å². The first-order valence-corrected chi connectivity index (χ1v) is 5.29. The van der Waals surface area contributed by atoms with Gasteiger partial charge in [-0.05, 0) is 13.8 Å². The molecule has 0 radical (unpaired) electrons. The van der Waals surface area contributed by atoms with Crippen LogP contribution in [0.5, 0.6) is 0 Å². The van der Waals surface area contributed by atoms with Crippen LogP contribution in [0.25, 0.3) is 0 Å². The number of nitrogens with zero attached hydrogens (tertiary/aromatic N) is 4. The molecule has 2 aromatic rings. The van der Waals surface area contributed by atoms with Gasteiger partial charge in [-0.15, -0.1) is 0 Å². The van der Waals surface area contributed by atoms with Gasteiger partial charge in [0, 0.05) is 12.7 Å². The van der Waals surface area contributed by atoms with Crippen LogP contribution in [-0.4, -0.2) is 25.9 Å². The molecular weight excluding hydrogens is 232 g/mol. The Morgan fingerprint density at radius 3 is 2.83 bits per heavy atom. The van der Waals surface area contributed by atoms with E-state index in [9.17, 15) is 4.79 Å². The quantitative estimate of drug-likeness (QED) is 0.819. The maximum Gasteiger partial charge on any atom is 0.260 e.